The largest absolute Gasteiger partial charge is 0.310 e. The van der Waals surface area contributed by atoms with E-state index in [0.717, 1.165) is 17.1 Å². The molecular weight excluding hydrogens is 501 g/mol. The van der Waals surface area contributed by atoms with Gasteiger partial charge in [0.15, 0.2) is 0 Å². The van der Waals surface area contributed by atoms with Crippen LogP contribution in [0.2, 0.25) is 0 Å². The first-order chi connectivity index (χ1) is 15.8. The molecule has 0 aromatic heterocycles. The third-order valence-electron chi connectivity index (χ3n) is 5.51. The van der Waals surface area contributed by atoms with Crippen LogP contribution in [0.3, 0.4) is 0 Å². The molecule has 0 saturated heterocycles. The molecule has 0 aliphatic carbocycles. The highest BCUT2D eigenvalue weighted by Gasteiger charge is 2.18. The summed E-state index contributed by atoms with van der Waals surface area (Å²) in [6.45, 7) is 0. The molecular formula is C30H22IN. The third-order valence-corrected chi connectivity index (χ3v) is 6.68. The maximum atomic E-state index is 2.50. The Hall–Kier alpha value is -3.37. The lowest BCUT2D eigenvalue weighted by Crippen LogP contribution is -2.10. The summed E-state index contributed by atoms with van der Waals surface area (Å²) in [4.78, 5) is 2.33. The average molecular weight is 523 g/mol. The van der Waals surface area contributed by atoms with Crippen LogP contribution in [0, 0.1) is 3.57 Å². The molecule has 0 heterocycles. The Morgan fingerprint density at radius 1 is 0.406 bits per heavy atom. The summed E-state index contributed by atoms with van der Waals surface area (Å²) in [6, 6.07) is 47.0. The van der Waals surface area contributed by atoms with Crippen molar-refractivity contribution >= 4 is 39.7 Å². The molecule has 0 unspecified atom stereocenters. The molecule has 0 N–H and O–H groups in total. The molecule has 0 saturated carbocycles. The molecule has 0 radical (unpaired) electrons. The zero-order chi connectivity index (χ0) is 21.8. The van der Waals surface area contributed by atoms with Crippen LogP contribution in [-0.4, -0.2) is 0 Å². The van der Waals surface area contributed by atoms with Gasteiger partial charge in [-0.15, -0.1) is 0 Å². The second-order valence-electron chi connectivity index (χ2n) is 7.59. The number of halogens is 1. The minimum absolute atomic E-state index is 1.14. The number of anilines is 3. The second kappa shape index (κ2) is 9.41. The molecule has 5 aromatic rings. The topological polar surface area (TPSA) is 3.24 Å². The Morgan fingerprint density at radius 2 is 0.750 bits per heavy atom. The van der Waals surface area contributed by atoms with Gasteiger partial charge in [0.2, 0.25) is 0 Å². The van der Waals surface area contributed by atoms with Gasteiger partial charge in [0, 0.05) is 20.6 Å². The Kier molecular flexibility index (Phi) is 6.04. The van der Waals surface area contributed by atoms with Crippen LogP contribution in [-0.2, 0) is 0 Å². The fraction of sp³-hybridized carbons (Fsp3) is 0. The van der Waals surface area contributed by atoms with E-state index in [1.165, 1.54) is 25.8 Å². The molecule has 2 heteroatoms. The highest BCUT2D eigenvalue weighted by atomic mass is 127. The van der Waals surface area contributed by atoms with Gasteiger partial charge in [0.25, 0.3) is 0 Å². The van der Waals surface area contributed by atoms with Crippen molar-refractivity contribution in [3.63, 3.8) is 0 Å². The summed E-state index contributed by atoms with van der Waals surface area (Å²) in [5.41, 5.74) is 8.32. The standard InChI is InChI=1S/C30H22IN/c31-30-28(23-13-5-1-6-14-23)21-27(22-29(30)24-15-7-2-8-16-24)32(25-17-9-3-10-18-25)26-19-11-4-12-20-26/h1-22H. The molecule has 0 spiro atoms. The Labute approximate surface area is 203 Å². The van der Waals surface area contributed by atoms with Crippen LogP contribution in [0.15, 0.2) is 133 Å². The van der Waals surface area contributed by atoms with Crippen molar-refractivity contribution in [1.82, 2.24) is 0 Å². The van der Waals surface area contributed by atoms with E-state index in [1.54, 1.807) is 0 Å². The highest BCUT2D eigenvalue weighted by Crippen LogP contribution is 2.42. The summed E-state index contributed by atoms with van der Waals surface area (Å²) in [5.74, 6) is 0. The molecule has 5 rings (SSSR count). The van der Waals surface area contributed by atoms with E-state index in [9.17, 15) is 0 Å². The van der Waals surface area contributed by atoms with Gasteiger partial charge < -0.3 is 4.90 Å². The molecule has 0 amide bonds. The number of nitrogens with zero attached hydrogens (tertiary/aromatic N) is 1. The van der Waals surface area contributed by atoms with Gasteiger partial charge in [-0.1, -0.05) is 97.1 Å². The Morgan fingerprint density at radius 3 is 1.12 bits per heavy atom. The van der Waals surface area contributed by atoms with Crippen LogP contribution in [0.1, 0.15) is 0 Å². The molecule has 0 bridgehead atoms. The quantitative estimate of drug-likeness (QED) is 0.208. The summed E-state index contributed by atoms with van der Waals surface area (Å²) in [6.07, 6.45) is 0. The van der Waals surface area contributed by atoms with Gasteiger partial charge in [0.1, 0.15) is 0 Å². The zero-order valence-corrected chi connectivity index (χ0v) is 19.7. The van der Waals surface area contributed by atoms with Gasteiger partial charge in [-0.25, -0.2) is 0 Å². The van der Waals surface area contributed by atoms with E-state index < -0.39 is 0 Å². The number of hydrogen-bond donors (Lipinski definition) is 0. The predicted molar refractivity (Wildman–Crippen MR) is 145 cm³/mol. The highest BCUT2D eigenvalue weighted by molar-refractivity contribution is 14.1. The maximum absolute atomic E-state index is 2.50. The smallest absolute Gasteiger partial charge is 0.0474 e. The Balaban J connectivity index is 1.79. The van der Waals surface area contributed by atoms with E-state index in [-0.39, 0.29) is 0 Å². The number of rotatable bonds is 5. The van der Waals surface area contributed by atoms with Crippen LogP contribution in [0.4, 0.5) is 17.1 Å². The van der Waals surface area contributed by atoms with Crippen molar-refractivity contribution in [2.75, 3.05) is 4.90 Å². The minimum Gasteiger partial charge on any atom is -0.310 e. The third kappa shape index (κ3) is 4.19. The van der Waals surface area contributed by atoms with Crippen molar-refractivity contribution < 1.29 is 0 Å². The molecule has 0 aliphatic heterocycles. The minimum atomic E-state index is 1.14. The van der Waals surface area contributed by atoms with Crippen molar-refractivity contribution in [1.29, 1.82) is 0 Å². The van der Waals surface area contributed by atoms with Crippen LogP contribution < -0.4 is 4.90 Å². The lowest BCUT2D eigenvalue weighted by atomic mass is 9.97. The summed E-state index contributed by atoms with van der Waals surface area (Å²) in [7, 11) is 0. The molecule has 0 aliphatic rings. The zero-order valence-electron chi connectivity index (χ0n) is 17.5. The fourth-order valence-electron chi connectivity index (χ4n) is 4.00. The van der Waals surface area contributed by atoms with Gasteiger partial charge in [0.05, 0.1) is 0 Å². The van der Waals surface area contributed by atoms with E-state index in [4.69, 9.17) is 0 Å². The predicted octanol–water partition coefficient (Wildman–Crippen LogP) is 9.09. The van der Waals surface area contributed by atoms with Gasteiger partial charge in [-0.05, 0) is 81.2 Å². The monoisotopic (exact) mass is 523 g/mol. The van der Waals surface area contributed by atoms with E-state index in [1.807, 2.05) is 0 Å². The first kappa shape index (κ1) is 20.5. The first-order valence-corrected chi connectivity index (χ1v) is 11.7. The normalized spacial score (nSPS) is 10.7. The molecule has 0 atom stereocenters. The van der Waals surface area contributed by atoms with Crippen LogP contribution in [0.25, 0.3) is 22.3 Å². The number of benzene rings is 5. The molecule has 0 fully saturated rings. The Bertz CT molecular complexity index is 1200. The van der Waals surface area contributed by atoms with Gasteiger partial charge >= 0.3 is 0 Å². The number of para-hydroxylation sites is 2. The van der Waals surface area contributed by atoms with Crippen molar-refractivity contribution in [2.45, 2.75) is 0 Å². The van der Waals surface area contributed by atoms with Crippen molar-refractivity contribution in [3.05, 3.63) is 137 Å². The molecule has 32 heavy (non-hydrogen) atoms. The molecule has 5 aromatic carbocycles. The lowest BCUT2D eigenvalue weighted by Gasteiger charge is -2.27. The van der Waals surface area contributed by atoms with E-state index in [0.29, 0.717) is 0 Å². The summed E-state index contributed by atoms with van der Waals surface area (Å²) in [5, 5.41) is 0. The molecule has 1 nitrogen and oxygen atoms in total. The molecule has 154 valence electrons. The fourth-order valence-corrected chi connectivity index (χ4v) is 4.93. The first-order valence-electron chi connectivity index (χ1n) is 10.7. The van der Waals surface area contributed by atoms with E-state index >= 15 is 0 Å². The maximum Gasteiger partial charge on any atom is 0.0474 e. The van der Waals surface area contributed by atoms with Crippen molar-refractivity contribution in [2.24, 2.45) is 0 Å². The summed E-state index contributed by atoms with van der Waals surface area (Å²) >= 11 is 2.50. The van der Waals surface area contributed by atoms with Gasteiger partial charge in [-0.3, -0.25) is 0 Å². The van der Waals surface area contributed by atoms with Gasteiger partial charge in [-0.2, -0.15) is 0 Å². The van der Waals surface area contributed by atoms with Crippen LogP contribution >= 0.6 is 22.6 Å². The summed E-state index contributed by atoms with van der Waals surface area (Å²) < 4.78 is 1.25. The lowest BCUT2D eigenvalue weighted by molar-refractivity contribution is 1.28. The van der Waals surface area contributed by atoms with E-state index in [2.05, 4.69) is 161 Å². The average Bonchev–Trinajstić information content (AvgIpc) is 2.87. The van der Waals surface area contributed by atoms with Crippen molar-refractivity contribution in [3.8, 4) is 22.3 Å². The number of hydrogen-bond acceptors (Lipinski definition) is 1. The second-order valence-corrected chi connectivity index (χ2v) is 8.67. The SMILES string of the molecule is Ic1c(-c2ccccc2)cc(N(c2ccccc2)c2ccccc2)cc1-c1ccccc1. The van der Waals surface area contributed by atoms with Crippen LogP contribution in [0.5, 0.6) is 0 Å².